The zero-order valence-corrected chi connectivity index (χ0v) is 18.6. The molecular formula is C26H37NO3. The summed E-state index contributed by atoms with van der Waals surface area (Å²) in [5.74, 6) is 3.11. The highest BCUT2D eigenvalue weighted by Crippen LogP contribution is 2.65. The molecule has 2 bridgehead atoms. The highest BCUT2D eigenvalue weighted by molar-refractivity contribution is 5.83. The van der Waals surface area contributed by atoms with E-state index < -0.39 is 0 Å². The van der Waals surface area contributed by atoms with E-state index in [-0.39, 0.29) is 28.9 Å². The number of fused-ring (bicyclic) bond motifs is 7. The number of hydrogen-bond donors (Lipinski definition) is 1. The Morgan fingerprint density at radius 2 is 1.83 bits per heavy atom. The van der Waals surface area contributed by atoms with Crippen molar-refractivity contribution < 1.29 is 14.3 Å². The van der Waals surface area contributed by atoms with Gasteiger partial charge in [-0.2, -0.15) is 0 Å². The molecule has 0 unspecified atom stereocenters. The predicted molar refractivity (Wildman–Crippen MR) is 114 cm³/mol. The molecule has 1 heterocycles. The van der Waals surface area contributed by atoms with Crippen LogP contribution >= 0.6 is 0 Å². The van der Waals surface area contributed by atoms with Crippen LogP contribution in [-0.2, 0) is 14.3 Å². The standard InChI is InChI=1S/C26H37NO3/c1-24-9-7-19-18(3-4-21-25(19,2)10-8-22(28)30-21)20(24)13-17(15-24)23(29)27-26-11-5-16(14-26)6-12-26/h8,10,16-21H,3-7,9,11-15H2,1-2H3,(H,27,29)/t16?,17-,18+,19-,20-,21+,24+,25+,26?/m0/s1. The molecule has 0 radical (unpaired) electrons. The van der Waals surface area contributed by atoms with Crippen LogP contribution in [0.25, 0.3) is 0 Å². The lowest BCUT2D eigenvalue weighted by Gasteiger charge is -2.57. The average Bonchev–Trinajstić information content (AvgIpc) is 3.40. The van der Waals surface area contributed by atoms with Gasteiger partial charge in [0.1, 0.15) is 6.10 Å². The third-order valence-electron chi connectivity index (χ3n) is 10.8. The summed E-state index contributed by atoms with van der Waals surface area (Å²) < 4.78 is 5.75. The van der Waals surface area contributed by atoms with E-state index in [1.807, 2.05) is 0 Å². The number of nitrogens with one attached hydrogen (secondary N) is 1. The second-order valence-corrected chi connectivity index (χ2v) is 12.3. The van der Waals surface area contributed by atoms with E-state index in [4.69, 9.17) is 4.74 Å². The van der Waals surface area contributed by atoms with E-state index in [0.29, 0.717) is 29.1 Å². The van der Waals surface area contributed by atoms with Crippen LogP contribution in [0.15, 0.2) is 12.2 Å². The minimum absolute atomic E-state index is 0.0276. The Kier molecular flexibility index (Phi) is 4.10. The maximum Gasteiger partial charge on any atom is 0.330 e. The van der Waals surface area contributed by atoms with Gasteiger partial charge in [0.2, 0.25) is 5.91 Å². The van der Waals surface area contributed by atoms with Crippen molar-refractivity contribution in [2.75, 3.05) is 0 Å². The van der Waals surface area contributed by atoms with E-state index in [1.165, 1.54) is 44.9 Å². The molecule has 1 aliphatic heterocycles. The van der Waals surface area contributed by atoms with Crippen molar-refractivity contribution in [1.82, 2.24) is 5.32 Å². The van der Waals surface area contributed by atoms with Gasteiger partial charge in [-0.25, -0.2) is 4.79 Å². The first-order valence-corrected chi connectivity index (χ1v) is 12.5. The molecule has 6 aliphatic rings. The first-order valence-electron chi connectivity index (χ1n) is 12.5. The molecule has 5 aliphatic carbocycles. The lowest BCUT2D eigenvalue weighted by atomic mass is 9.49. The Morgan fingerprint density at radius 1 is 1.03 bits per heavy atom. The molecule has 5 fully saturated rings. The Hall–Kier alpha value is -1.32. The van der Waals surface area contributed by atoms with Crippen molar-refractivity contribution in [3.8, 4) is 0 Å². The highest BCUT2D eigenvalue weighted by atomic mass is 16.5. The Morgan fingerprint density at radius 3 is 2.57 bits per heavy atom. The van der Waals surface area contributed by atoms with Crippen LogP contribution in [0, 0.1) is 40.4 Å². The molecule has 1 amide bonds. The molecule has 4 heteroatoms. The fourth-order valence-corrected chi connectivity index (χ4v) is 9.19. The number of carbonyl (C=O) groups is 2. The second-order valence-electron chi connectivity index (χ2n) is 12.3. The molecule has 1 N–H and O–H groups in total. The second kappa shape index (κ2) is 6.36. The summed E-state index contributed by atoms with van der Waals surface area (Å²) in [5.41, 5.74) is 0.411. The Balaban J connectivity index is 1.21. The molecule has 6 rings (SSSR count). The van der Waals surface area contributed by atoms with Gasteiger partial charge in [0.15, 0.2) is 0 Å². The van der Waals surface area contributed by atoms with Crippen LogP contribution in [-0.4, -0.2) is 23.5 Å². The van der Waals surface area contributed by atoms with E-state index in [0.717, 1.165) is 31.6 Å². The normalized spacial score (nSPS) is 53.6. The first-order chi connectivity index (χ1) is 14.3. The van der Waals surface area contributed by atoms with Gasteiger partial charge in [-0.3, -0.25) is 4.79 Å². The highest BCUT2D eigenvalue weighted by Gasteiger charge is 2.60. The number of hydrogen-bond acceptors (Lipinski definition) is 3. The molecule has 30 heavy (non-hydrogen) atoms. The third-order valence-corrected chi connectivity index (χ3v) is 10.8. The quantitative estimate of drug-likeness (QED) is 0.666. The van der Waals surface area contributed by atoms with Crippen LogP contribution in [0.1, 0.15) is 84.5 Å². The fourth-order valence-electron chi connectivity index (χ4n) is 9.19. The van der Waals surface area contributed by atoms with Crippen LogP contribution < -0.4 is 5.32 Å². The van der Waals surface area contributed by atoms with Crippen molar-refractivity contribution in [3.05, 3.63) is 12.2 Å². The topological polar surface area (TPSA) is 55.4 Å². The minimum atomic E-state index is -0.172. The minimum Gasteiger partial charge on any atom is -0.458 e. The number of ether oxygens (including phenoxy) is 1. The summed E-state index contributed by atoms with van der Waals surface area (Å²) in [6.45, 7) is 4.78. The molecule has 0 aromatic heterocycles. The summed E-state index contributed by atoms with van der Waals surface area (Å²) in [6.07, 6.45) is 16.8. The van der Waals surface area contributed by atoms with Gasteiger partial charge in [-0.15, -0.1) is 0 Å². The van der Waals surface area contributed by atoms with Crippen LogP contribution in [0.5, 0.6) is 0 Å². The lowest BCUT2D eigenvalue weighted by molar-refractivity contribution is -0.166. The summed E-state index contributed by atoms with van der Waals surface area (Å²) in [4.78, 5) is 25.2. The van der Waals surface area contributed by atoms with Crippen LogP contribution in [0.3, 0.4) is 0 Å². The average molecular weight is 412 g/mol. The Labute approximate surface area is 180 Å². The van der Waals surface area contributed by atoms with Crippen molar-refractivity contribution >= 4 is 11.9 Å². The summed E-state index contributed by atoms with van der Waals surface area (Å²) in [6, 6.07) is 0. The summed E-state index contributed by atoms with van der Waals surface area (Å²) in [5, 5.41) is 3.57. The smallest absolute Gasteiger partial charge is 0.330 e. The van der Waals surface area contributed by atoms with Crippen LogP contribution in [0.4, 0.5) is 0 Å². The van der Waals surface area contributed by atoms with E-state index in [2.05, 4.69) is 25.2 Å². The molecule has 0 aromatic rings. The van der Waals surface area contributed by atoms with Gasteiger partial charge in [-0.05, 0) is 99.7 Å². The maximum absolute atomic E-state index is 13.4. The van der Waals surface area contributed by atoms with Gasteiger partial charge in [0, 0.05) is 22.9 Å². The zero-order valence-electron chi connectivity index (χ0n) is 18.6. The SMILES string of the molecule is C[C@]12CC[C@H]3[C@@H](CC[C@H]4OC(=O)C=C[C@@]43C)[C@@H]1C[C@H](C(=O)NC13CCC(CC1)C3)C2. The zero-order chi connectivity index (χ0) is 20.7. The van der Waals surface area contributed by atoms with Gasteiger partial charge in [0.05, 0.1) is 0 Å². The molecule has 7 atom stereocenters. The van der Waals surface area contributed by atoms with Crippen molar-refractivity contribution in [3.63, 3.8) is 0 Å². The van der Waals surface area contributed by atoms with E-state index in [9.17, 15) is 9.59 Å². The first kappa shape index (κ1) is 19.4. The summed E-state index contributed by atoms with van der Waals surface area (Å²) in [7, 11) is 0. The van der Waals surface area contributed by atoms with Crippen LogP contribution in [0.2, 0.25) is 0 Å². The lowest BCUT2D eigenvalue weighted by Crippen LogP contribution is -2.54. The van der Waals surface area contributed by atoms with Gasteiger partial charge >= 0.3 is 5.97 Å². The molecular weight excluding hydrogens is 374 g/mol. The van der Waals surface area contributed by atoms with Crippen molar-refractivity contribution in [2.45, 2.75) is 96.1 Å². The molecule has 164 valence electrons. The fraction of sp³-hybridized carbons (Fsp3) is 0.846. The van der Waals surface area contributed by atoms with Crippen molar-refractivity contribution in [1.29, 1.82) is 0 Å². The third kappa shape index (κ3) is 2.70. The van der Waals surface area contributed by atoms with E-state index in [1.54, 1.807) is 6.08 Å². The van der Waals surface area contributed by atoms with Gasteiger partial charge in [-0.1, -0.05) is 19.9 Å². The molecule has 5 saturated carbocycles. The predicted octanol–water partition coefficient (Wildman–Crippen LogP) is 4.78. The molecule has 4 nitrogen and oxygen atoms in total. The van der Waals surface area contributed by atoms with Gasteiger partial charge in [0.25, 0.3) is 0 Å². The number of rotatable bonds is 2. The van der Waals surface area contributed by atoms with E-state index >= 15 is 0 Å². The van der Waals surface area contributed by atoms with Gasteiger partial charge < -0.3 is 10.1 Å². The summed E-state index contributed by atoms with van der Waals surface area (Å²) >= 11 is 0. The largest absolute Gasteiger partial charge is 0.458 e. The molecule has 0 aromatic carbocycles. The monoisotopic (exact) mass is 411 g/mol. The molecule has 0 saturated heterocycles. The molecule has 0 spiro atoms. The number of carbonyl (C=O) groups excluding carboxylic acids is 2. The maximum atomic E-state index is 13.4. The number of esters is 1. The number of amides is 1. The van der Waals surface area contributed by atoms with Crippen molar-refractivity contribution in [2.24, 2.45) is 40.4 Å². The Bertz CT molecular complexity index is 796.